The van der Waals surface area contributed by atoms with Gasteiger partial charge in [0.05, 0.1) is 6.42 Å². The van der Waals surface area contributed by atoms with Gasteiger partial charge in [-0.25, -0.2) is 0 Å². The summed E-state index contributed by atoms with van der Waals surface area (Å²) in [6, 6.07) is 13.9. The fraction of sp³-hybridized carbons (Fsp3) is 0.364. The summed E-state index contributed by atoms with van der Waals surface area (Å²) >= 11 is 1.81. The molecule has 0 bridgehead atoms. The van der Waals surface area contributed by atoms with Gasteiger partial charge in [0, 0.05) is 34.5 Å². The highest BCUT2D eigenvalue weighted by Gasteiger charge is 2.23. The molecule has 1 N–H and O–H groups in total. The Morgan fingerprint density at radius 3 is 2.52 bits per heavy atom. The van der Waals surface area contributed by atoms with Crippen molar-refractivity contribution in [3.05, 3.63) is 53.6 Å². The smallest absolute Gasteiger partial charge is 0.228 e. The molecule has 0 atom stereocenters. The standard InChI is InChI=1S/C22H26N2O2S/c1-15(2)27-19-9-6-17(7-10-19)14-21(25)23-18-8-11-20(16(3)13-18)24-12-4-5-22(24)26/h6-11,13,15H,4-5,12,14H2,1-3H3,(H,23,25). The van der Waals surface area contributed by atoms with Crippen molar-refractivity contribution >= 4 is 35.0 Å². The first-order valence-electron chi connectivity index (χ1n) is 9.39. The second kappa shape index (κ2) is 8.61. The molecule has 1 aliphatic rings. The van der Waals surface area contributed by atoms with Gasteiger partial charge < -0.3 is 10.2 Å². The molecule has 2 aromatic carbocycles. The van der Waals surface area contributed by atoms with Gasteiger partial charge in [0.1, 0.15) is 0 Å². The highest BCUT2D eigenvalue weighted by Crippen LogP contribution is 2.27. The average molecular weight is 383 g/mol. The van der Waals surface area contributed by atoms with Crippen molar-refractivity contribution in [2.75, 3.05) is 16.8 Å². The van der Waals surface area contributed by atoms with Gasteiger partial charge in [-0.3, -0.25) is 9.59 Å². The van der Waals surface area contributed by atoms with Gasteiger partial charge in [0.2, 0.25) is 11.8 Å². The van der Waals surface area contributed by atoms with Crippen molar-refractivity contribution in [3.63, 3.8) is 0 Å². The number of carbonyl (C=O) groups excluding carboxylic acids is 2. The minimum absolute atomic E-state index is 0.0383. The number of hydrogen-bond donors (Lipinski definition) is 1. The van der Waals surface area contributed by atoms with E-state index in [0.717, 1.165) is 35.5 Å². The normalized spacial score (nSPS) is 14.1. The third kappa shape index (κ3) is 5.13. The number of amides is 2. The van der Waals surface area contributed by atoms with E-state index in [1.54, 1.807) is 0 Å². The lowest BCUT2D eigenvalue weighted by Crippen LogP contribution is -2.24. The zero-order valence-corrected chi connectivity index (χ0v) is 16.9. The van der Waals surface area contributed by atoms with Crippen molar-refractivity contribution in [1.29, 1.82) is 0 Å². The van der Waals surface area contributed by atoms with E-state index < -0.39 is 0 Å². The summed E-state index contributed by atoms with van der Waals surface area (Å²) in [6.07, 6.45) is 1.87. The lowest BCUT2D eigenvalue weighted by atomic mass is 10.1. The molecule has 1 fully saturated rings. The molecule has 27 heavy (non-hydrogen) atoms. The summed E-state index contributed by atoms with van der Waals surface area (Å²) in [6.45, 7) is 7.08. The Hall–Kier alpha value is -2.27. The number of benzene rings is 2. The lowest BCUT2D eigenvalue weighted by molar-refractivity contribution is -0.117. The van der Waals surface area contributed by atoms with Gasteiger partial charge in [-0.05, 0) is 54.8 Å². The maximum Gasteiger partial charge on any atom is 0.228 e. The zero-order valence-electron chi connectivity index (χ0n) is 16.1. The molecule has 0 aromatic heterocycles. The van der Waals surface area contributed by atoms with Crippen LogP contribution >= 0.6 is 11.8 Å². The minimum Gasteiger partial charge on any atom is -0.326 e. The van der Waals surface area contributed by atoms with E-state index in [9.17, 15) is 9.59 Å². The predicted molar refractivity (Wildman–Crippen MR) is 113 cm³/mol. The molecule has 2 amide bonds. The molecule has 1 heterocycles. The third-order valence-electron chi connectivity index (χ3n) is 4.50. The third-order valence-corrected chi connectivity index (χ3v) is 5.52. The average Bonchev–Trinajstić information content (AvgIpc) is 3.02. The highest BCUT2D eigenvalue weighted by molar-refractivity contribution is 7.99. The molecule has 1 saturated heterocycles. The summed E-state index contributed by atoms with van der Waals surface area (Å²) in [4.78, 5) is 27.3. The van der Waals surface area contributed by atoms with E-state index in [1.165, 1.54) is 4.90 Å². The number of anilines is 2. The van der Waals surface area contributed by atoms with Crippen molar-refractivity contribution in [2.45, 2.75) is 50.2 Å². The number of nitrogens with one attached hydrogen (secondary N) is 1. The first-order valence-corrected chi connectivity index (χ1v) is 10.3. The molecule has 5 heteroatoms. The quantitative estimate of drug-likeness (QED) is 0.730. The Morgan fingerprint density at radius 2 is 1.93 bits per heavy atom. The molecule has 0 aliphatic carbocycles. The molecular formula is C22H26N2O2S. The summed E-state index contributed by atoms with van der Waals surface area (Å²) < 4.78 is 0. The number of rotatable bonds is 6. The van der Waals surface area contributed by atoms with E-state index in [1.807, 2.05) is 53.9 Å². The SMILES string of the molecule is Cc1cc(NC(=O)Cc2ccc(SC(C)C)cc2)ccc1N1CCCC1=O. The van der Waals surface area contributed by atoms with Crippen LogP contribution in [0, 0.1) is 6.92 Å². The Kier molecular flexibility index (Phi) is 6.22. The molecular weight excluding hydrogens is 356 g/mol. The van der Waals surface area contributed by atoms with Crippen LogP contribution in [0.15, 0.2) is 47.4 Å². The topological polar surface area (TPSA) is 49.4 Å². The molecule has 0 saturated carbocycles. The zero-order chi connectivity index (χ0) is 19.4. The predicted octanol–water partition coefficient (Wildman–Crippen LogP) is 4.80. The van der Waals surface area contributed by atoms with Crippen molar-refractivity contribution < 1.29 is 9.59 Å². The first-order chi connectivity index (χ1) is 12.9. The van der Waals surface area contributed by atoms with Crippen LogP contribution in [-0.4, -0.2) is 23.6 Å². The second-order valence-electron chi connectivity index (χ2n) is 7.19. The van der Waals surface area contributed by atoms with Crippen LogP contribution in [-0.2, 0) is 16.0 Å². The lowest BCUT2D eigenvalue weighted by Gasteiger charge is -2.19. The van der Waals surface area contributed by atoms with Crippen LogP contribution in [0.2, 0.25) is 0 Å². The van der Waals surface area contributed by atoms with Gasteiger partial charge in [-0.1, -0.05) is 26.0 Å². The van der Waals surface area contributed by atoms with Gasteiger partial charge >= 0.3 is 0 Å². The number of nitrogens with zero attached hydrogens (tertiary/aromatic N) is 1. The monoisotopic (exact) mass is 382 g/mol. The van der Waals surface area contributed by atoms with Crippen LogP contribution in [0.25, 0.3) is 0 Å². The number of aryl methyl sites for hydroxylation is 1. The van der Waals surface area contributed by atoms with Gasteiger partial charge in [0.15, 0.2) is 0 Å². The molecule has 0 spiro atoms. The van der Waals surface area contributed by atoms with E-state index in [0.29, 0.717) is 18.1 Å². The summed E-state index contributed by atoms with van der Waals surface area (Å²) in [5.41, 5.74) is 3.70. The maximum atomic E-state index is 12.4. The van der Waals surface area contributed by atoms with E-state index >= 15 is 0 Å². The van der Waals surface area contributed by atoms with Crippen LogP contribution in [0.3, 0.4) is 0 Å². The largest absolute Gasteiger partial charge is 0.326 e. The second-order valence-corrected chi connectivity index (χ2v) is 8.84. The van der Waals surface area contributed by atoms with Crippen molar-refractivity contribution in [1.82, 2.24) is 0 Å². The highest BCUT2D eigenvalue weighted by atomic mass is 32.2. The van der Waals surface area contributed by atoms with Crippen LogP contribution < -0.4 is 10.2 Å². The summed E-state index contributed by atoms with van der Waals surface area (Å²) in [5.74, 6) is 0.137. The summed E-state index contributed by atoms with van der Waals surface area (Å²) in [5, 5.41) is 3.50. The fourth-order valence-electron chi connectivity index (χ4n) is 3.29. The Morgan fingerprint density at radius 1 is 1.19 bits per heavy atom. The van der Waals surface area contributed by atoms with Gasteiger partial charge in [0.25, 0.3) is 0 Å². The van der Waals surface area contributed by atoms with Gasteiger partial charge in [-0.15, -0.1) is 11.8 Å². The number of hydrogen-bond acceptors (Lipinski definition) is 3. The number of carbonyl (C=O) groups is 2. The molecule has 0 radical (unpaired) electrons. The van der Waals surface area contributed by atoms with E-state index in [2.05, 4.69) is 31.3 Å². The molecule has 1 aliphatic heterocycles. The summed E-state index contributed by atoms with van der Waals surface area (Å²) in [7, 11) is 0. The van der Waals surface area contributed by atoms with Crippen LogP contribution in [0.1, 0.15) is 37.8 Å². The maximum absolute atomic E-state index is 12.4. The molecule has 4 nitrogen and oxygen atoms in total. The van der Waals surface area contributed by atoms with E-state index in [4.69, 9.17) is 0 Å². The van der Waals surface area contributed by atoms with E-state index in [-0.39, 0.29) is 11.8 Å². The fourth-order valence-corrected chi connectivity index (χ4v) is 4.13. The molecule has 2 aromatic rings. The number of thioether (sulfide) groups is 1. The molecule has 3 rings (SSSR count). The molecule has 0 unspecified atom stereocenters. The van der Waals surface area contributed by atoms with Crippen LogP contribution in [0.4, 0.5) is 11.4 Å². The Bertz CT molecular complexity index is 831. The van der Waals surface area contributed by atoms with Crippen molar-refractivity contribution in [3.8, 4) is 0 Å². The van der Waals surface area contributed by atoms with Crippen molar-refractivity contribution in [2.24, 2.45) is 0 Å². The molecule has 142 valence electrons. The Labute approximate surface area is 165 Å². The first kappa shape index (κ1) is 19.5. The van der Waals surface area contributed by atoms with Crippen LogP contribution in [0.5, 0.6) is 0 Å². The minimum atomic E-state index is -0.0383. The van der Waals surface area contributed by atoms with Gasteiger partial charge in [-0.2, -0.15) is 0 Å². The Balaban J connectivity index is 1.60.